The van der Waals surface area contributed by atoms with E-state index in [4.69, 9.17) is 5.73 Å². The van der Waals surface area contributed by atoms with E-state index in [0.29, 0.717) is 18.4 Å². The first-order valence-corrected chi connectivity index (χ1v) is 5.66. The quantitative estimate of drug-likeness (QED) is 0.802. The van der Waals surface area contributed by atoms with Gasteiger partial charge in [0.25, 0.3) is 5.91 Å². The van der Waals surface area contributed by atoms with E-state index in [1.54, 1.807) is 18.3 Å². The smallest absolute Gasteiger partial charge is 0.253 e. The Labute approximate surface area is 99.4 Å². The van der Waals surface area contributed by atoms with Crippen LogP contribution in [-0.4, -0.2) is 22.3 Å². The predicted molar refractivity (Wildman–Crippen MR) is 62.1 cm³/mol. The normalized spacial score (nSPS) is 17.6. The zero-order valence-corrected chi connectivity index (χ0v) is 9.48. The van der Waals surface area contributed by atoms with Crippen LogP contribution in [0, 0.1) is 0 Å². The van der Waals surface area contributed by atoms with Crippen LogP contribution in [0.15, 0.2) is 24.5 Å². The molecule has 5 heteroatoms. The number of rotatable bonds is 3. The van der Waals surface area contributed by atoms with Crippen molar-refractivity contribution in [3.05, 3.63) is 30.1 Å². The topological polar surface area (TPSA) is 85.1 Å². The molecule has 0 saturated heterocycles. The highest BCUT2D eigenvalue weighted by molar-refractivity contribution is 5.98. The van der Waals surface area contributed by atoms with Gasteiger partial charge in [-0.1, -0.05) is 12.8 Å². The summed E-state index contributed by atoms with van der Waals surface area (Å²) in [5, 5.41) is 2.75. The van der Waals surface area contributed by atoms with Gasteiger partial charge in [-0.25, -0.2) is 0 Å². The van der Waals surface area contributed by atoms with Gasteiger partial charge < -0.3 is 11.1 Å². The van der Waals surface area contributed by atoms with Gasteiger partial charge in [0.2, 0.25) is 5.91 Å². The lowest BCUT2D eigenvalue weighted by Crippen LogP contribution is -2.55. The molecular weight excluding hydrogens is 218 g/mol. The Balaban J connectivity index is 2.15. The highest BCUT2D eigenvalue weighted by atomic mass is 16.2. The summed E-state index contributed by atoms with van der Waals surface area (Å²) in [5.41, 5.74) is 4.97. The molecule has 1 aromatic rings. The summed E-state index contributed by atoms with van der Waals surface area (Å²) in [7, 11) is 0. The molecule has 0 radical (unpaired) electrons. The number of nitrogens with one attached hydrogen (secondary N) is 1. The van der Waals surface area contributed by atoms with E-state index in [-0.39, 0.29) is 5.91 Å². The summed E-state index contributed by atoms with van der Waals surface area (Å²) in [5.74, 6) is -0.744. The van der Waals surface area contributed by atoms with Crippen LogP contribution in [0.4, 0.5) is 0 Å². The van der Waals surface area contributed by atoms with Crippen molar-refractivity contribution in [2.24, 2.45) is 5.73 Å². The molecule has 2 rings (SSSR count). The van der Waals surface area contributed by atoms with Gasteiger partial charge in [0, 0.05) is 12.4 Å². The summed E-state index contributed by atoms with van der Waals surface area (Å²) in [6.45, 7) is 0. The maximum Gasteiger partial charge on any atom is 0.253 e. The fourth-order valence-electron chi connectivity index (χ4n) is 2.20. The molecule has 1 heterocycles. The van der Waals surface area contributed by atoms with Crippen molar-refractivity contribution in [3.8, 4) is 0 Å². The van der Waals surface area contributed by atoms with Crippen LogP contribution in [0.2, 0.25) is 0 Å². The van der Waals surface area contributed by atoms with Crippen LogP contribution in [0.3, 0.4) is 0 Å². The third kappa shape index (κ3) is 2.27. The maximum atomic E-state index is 12.0. The van der Waals surface area contributed by atoms with E-state index in [1.165, 1.54) is 6.20 Å². The second-order valence-corrected chi connectivity index (χ2v) is 4.35. The van der Waals surface area contributed by atoms with Crippen molar-refractivity contribution in [3.63, 3.8) is 0 Å². The van der Waals surface area contributed by atoms with E-state index in [1.807, 2.05) is 0 Å². The Morgan fingerprint density at radius 1 is 1.35 bits per heavy atom. The fourth-order valence-corrected chi connectivity index (χ4v) is 2.20. The molecule has 3 N–H and O–H groups in total. The summed E-state index contributed by atoms with van der Waals surface area (Å²) in [6, 6.07) is 3.34. The average molecular weight is 233 g/mol. The van der Waals surface area contributed by atoms with Gasteiger partial charge in [-0.2, -0.15) is 0 Å². The lowest BCUT2D eigenvalue weighted by Gasteiger charge is -2.26. The molecule has 1 aliphatic rings. The van der Waals surface area contributed by atoms with E-state index >= 15 is 0 Å². The minimum absolute atomic E-state index is 0.293. The SMILES string of the molecule is NC(=O)C1(NC(=O)c2cccnc2)CCCC1. The number of amides is 2. The minimum Gasteiger partial charge on any atom is -0.368 e. The summed E-state index contributed by atoms with van der Waals surface area (Å²) in [4.78, 5) is 27.3. The molecule has 1 aromatic heterocycles. The Kier molecular flexibility index (Phi) is 3.08. The van der Waals surface area contributed by atoms with Crippen molar-refractivity contribution in [2.75, 3.05) is 0 Å². The molecule has 90 valence electrons. The van der Waals surface area contributed by atoms with Gasteiger partial charge in [0.05, 0.1) is 5.56 Å². The number of carbonyl (C=O) groups is 2. The number of carbonyl (C=O) groups excluding carboxylic acids is 2. The zero-order chi connectivity index (χ0) is 12.3. The van der Waals surface area contributed by atoms with Gasteiger partial charge >= 0.3 is 0 Å². The van der Waals surface area contributed by atoms with E-state index < -0.39 is 11.4 Å². The molecule has 5 nitrogen and oxygen atoms in total. The number of pyridine rings is 1. The van der Waals surface area contributed by atoms with Gasteiger partial charge in [-0.3, -0.25) is 14.6 Å². The second-order valence-electron chi connectivity index (χ2n) is 4.35. The van der Waals surface area contributed by atoms with Crippen molar-refractivity contribution in [2.45, 2.75) is 31.2 Å². The number of nitrogens with zero attached hydrogens (tertiary/aromatic N) is 1. The molecular formula is C12H15N3O2. The van der Waals surface area contributed by atoms with Crippen molar-refractivity contribution < 1.29 is 9.59 Å². The van der Waals surface area contributed by atoms with E-state index in [2.05, 4.69) is 10.3 Å². The van der Waals surface area contributed by atoms with Crippen LogP contribution in [0.25, 0.3) is 0 Å². The van der Waals surface area contributed by atoms with Gasteiger partial charge in [0.15, 0.2) is 0 Å². The lowest BCUT2D eigenvalue weighted by atomic mass is 9.96. The summed E-state index contributed by atoms with van der Waals surface area (Å²) < 4.78 is 0. The summed E-state index contributed by atoms with van der Waals surface area (Å²) in [6.07, 6.45) is 6.13. The van der Waals surface area contributed by atoms with Crippen LogP contribution in [-0.2, 0) is 4.79 Å². The standard InChI is InChI=1S/C12H15N3O2/c13-11(17)12(5-1-2-6-12)15-10(16)9-4-3-7-14-8-9/h3-4,7-8H,1-2,5-6H2,(H2,13,17)(H,15,16). The minimum atomic E-state index is -0.868. The van der Waals surface area contributed by atoms with E-state index in [0.717, 1.165) is 12.8 Å². The highest BCUT2D eigenvalue weighted by Crippen LogP contribution is 2.29. The molecule has 0 atom stereocenters. The van der Waals surface area contributed by atoms with Crippen molar-refractivity contribution in [1.82, 2.24) is 10.3 Å². The van der Waals surface area contributed by atoms with Crippen LogP contribution < -0.4 is 11.1 Å². The monoisotopic (exact) mass is 233 g/mol. The molecule has 1 fully saturated rings. The Hall–Kier alpha value is -1.91. The lowest BCUT2D eigenvalue weighted by molar-refractivity contribution is -0.123. The van der Waals surface area contributed by atoms with Crippen molar-refractivity contribution in [1.29, 1.82) is 0 Å². The summed E-state index contributed by atoms with van der Waals surface area (Å²) >= 11 is 0. The average Bonchev–Trinajstić information content (AvgIpc) is 2.80. The van der Waals surface area contributed by atoms with Crippen LogP contribution in [0.5, 0.6) is 0 Å². The molecule has 2 amide bonds. The number of aromatic nitrogens is 1. The largest absolute Gasteiger partial charge is 0.368 e. The molecule has 0 spiro atoms. The third-order valence-corrected chi connectivity index (χ3v) is 3.21. The van der Waals surface area contributed by atoms with E-state index in [9.17, 15) is 9.59 Å². The predicted octanol–water partition coefficient (Wildman–Crippen LogP) is 0.609. The Morgan fingerprint density at radius 2 is 2.06 bits per heavy atom. The first kappa shape index (κ1) is 11.6. The number of primary amides is 1. The number of nitrogens with two attached hydrogens (primary N) is 1. The Bertz CT molecular complexity index is 425. The molecule has 17 heavy (non-hydrogen) atoms. The first-order chi connectivity index (χ1) is 8.14. The molecule has 1 aliphatic carbocycles. The molecule has 1 saturated carbocycles. The number of hydrogen-bond acceptors (Lipinski definition) is 3. The highest BCUT2D eigenvalue weighted by Gasteiger charge is 2.40. The maximum absolute atomic E-state index is 12.0. The third-order valence-electron chi connectivity index (χ3n) is 3.21. The van der Waals surface area contributed by atoms with Gasteiger partial charge in [-0.15, -0.1) is 0 Å². The molecule has 0 aromatic carbocycles. The fraction of sp³-hybridized carbons (Fsp3) is 0.417. The van der Waals surface area contributed by atoms with Gasteiger partial charge in [-0.05, 0) is 25.0 Å². The second kappa shape index (κ2) is 4.53. The molecule has 0 aliphatic heterocycles. The van der Waals surface area contributed by atoms with Gasteiger partial charge in [0.1, 0.15) is 5.54 Å². The zero-order valence-electron chi connectivity index (χ0n) is 9.48. The molecule has 0 unspecified atom stereocenters. The van der Waals surface area contributed by atoms with Crippen molar-refractivity contribution >= 4 is 11.8 Å². The van der Waals surface area contributed by atoms with Crippen LogP contribution in [0.1, 0.15) is 36.0 Å². The van der Waals surface area contributed by atoms with Crippen LogP contribution >= 0.6 is 0 Å². The number of hydrogen-bond donors (Lipinski definition) is 2. The Morgan fingerprint density at radius 3 is 2.59 bits per heavy atom. The molecule has 0 bridgehead atoms. The first-order valence-electron chi connectivity index (χ1n) is 5.66.